The van der Waals surface area contributed by atoms with Crippen LogP contribution in [0.25, 0.3) is 0 Å². The number of ketones is 3. The number of fused-ring (bicyclic) bond motifs is 3. The summed E-state index contributed by atoms with van der Waals surface area (Å²) in [5, 5.41) is 42.4. The van der Waals surface area contributed by atoms with E-state index >= 15 is 0 Å². The first-order valence-corrected chi connectivity index (χ1v) is 12.3. The molecule has 0 bridgehead atoms. The van der Waals surface area contributed by atoms with E-state index in [2.05, 4.69) is 0 Å². The number of nitrogens with two attached hydrogens (primary N) is 1. The van der Waals surface area contributed by atoms with E-state index in [1.807, 2.05) is 0 Å². The molecule has 2 aromatic rings. The van der Waals surface area contributed by atoms with Gasteiger partial charge in [0.25, 0.3) is 0 Å². The van der Waals surface area contributed by atoms with Crippen LogP contribution in [0.4, 0.5) is 0 Å². The van der Waals surface area contributed by atoms with Crippen molar-refractivity contribution in [2.45, 2.75) is 56.8 Å². The Labute approximate surface area is 217 Å². The lowest BCUT2D eigenvalue weighted by Gasteiger charge is -2.40. The maximum atomic E-state index is 13.6. The van der Waals surface area contributed by atoms with Gasteiger partial charge in [0.1, 0.15) is 23.9 Å². The molecule has 0 saturated carbocycles. The summed E-state index contributed by atoms with van der Waals surface area (Å²) in [4.78, 5) is 39.6. The maximum Gasteiger partial charge on any atom is 0.202 e. The molecule has 6 N–H and O–H groups in total. The van der Waals surface area contributed by atoms with Gasteiger partial charge >= 0.3 is 0 Å². The molecule has 5 rings (SSSR count). The number of hydrogen-bond acceptors (Lipinski definition) is 11. The van der Waals surface area contributed by atoms with Crippen LogP contribution in [-0.2, 0) is 20.7 Å². The van der Waals surface area contributed by atoms with Crippen LogP contribution in [-0.4, -0.2) is 76.0 Å². The number of carbonyl (C=O) groups excluding carboxylic acids is 3. The van der Waals surface area contributed by atoms with Crippen molar-refractivity contribution < 1.29 is 49.0 Å². The first-order chi connectivity index (χ1) is 18.1. The van der Waals surface area contributed by atoms with Crippen LogP contribution in [0.3, 0.4) is 0 Å². The van der Waals surface area contributed by atoms with Crippen LogP contribution < -0.4 is 10.5 Å². The van der Waals surface area contributed by atoms with Gasteiger partial charge in [-0.15, -0.1) is 0 Å². The number of aliphatic hydroxyl groups is 2. The average molecular weight is 528 g/mol. The van der Waals surface area contributed by atoms with Gasteiger partial charge in [-0.25, -0.2) is 0 Å². The third kappa shape index (κ3) is 3.98. The Balaban J connectivity index is 1.65. The molecule has 0 aromatic heterocycles. The molecule has 202 valence electrons. The van der Waals surface area contributed by atoms with Crippen LogP contribution >= 0.6 is 0 Å². The number of aromatic hydroxyl groups is 2. The standard InChI is InChI=1S/C27H29NO10/c1-10-23(31)14(28)8-18(37-10)38-17-7-11(15(30)9-29)6-13-20(17)27(35)22-21(25(13)33)24(32)12-4-3-5-16(36-2)19(12)26(22)34/h3-5,10-11,14,17-18,23,29,31,33,35H,6-9,28H2,1-2H3/t10?,11-,14?,17+,18-,23?/m1/s1. The monoisotopic (exact) mass is 527 g/mol. The topological polar surface area (TPSA) is 186 Å². The van der Waals surface area contributed by atoms with Gasteiger partial charge in [-0.2, -0.15) is 0 Å². The molecule has 38 heavy (non-hydrogen) atoms. The van der Waals surface area contributed by atoms with E-state index in [1.54, 1.807) is 6.92 Å². The van der Waals surface area contributed by atoms with E-state index in [0.29, 0.717) is 0 Å². The number of phenols is 2. The van der Waals surface area contributed by atoms with Gasteiger partial charge in [0.05, 0.1) is 42.1 Å². The molecule has 2 aromatic carbocycles. The lowest BCUT2D eigenvalue weighted by molar-refractivity contribution is -0.243. The summed E-state index contributed by atoms with van der Waals surface area (Å²) >= 11 is 0. The lowest BCUT2D eigenvalue weighted by atomic mass is 9.73. The number of carbonyl (C=O) groups is 3. The molecule has 3 aliphatic rings. The Morgan fingerprint density at radius 3 is 2.47 bits per heavy atom. The van der Waals surface area contributed by atoms with E-state index in [4.69, 9.17) is 19.9 Å². The number of methoxy groups -OCH3 is 1. The van der Waals surface area contributed by atoms with Crippen molar-refractivity contribution >= 4 is 17.3 Å². The molecule has 1 heterocycles. The molecule has 0 amide bonds. The highest BCUT2D eigenvalue weighted by atomic mass is 16.7. The molecular weight excluding hydrogens is 498 g/mol. The predicted octanol–water partition coefficient (Wildman–Crippen LogP) is 0.886. The third-order valence-corrected chi connectivity index (χ3v) is 7.71. The van der Waals surface area contributed by atoms with Crippen molar-refractivity contribution in [2.75, 3.05) is 13.7 Å². The first kappa shape index (κ1) is 26.3. The number of phenolic OH excluding ortho intramolecular Hbond substituents is 2. The maximum absolute atomic E-state index is 13.6. The summed E-state index contributed by atoms with van der Waals surface area (Å²) in [6.45, 7) is 0.880. The summed E-state index contributed by atoms with van der Waals surface area (Å²) in [6, 6.07) is 3.83. The number of hydrogen-bond donors (Lipinski definition) is 5. The number of rotatable bonds is 5. The fourth-order valence-electron chi connectivity index (χ4n) is 5.73. The molecule has 0 radical (unpaired) electrons. The summed E-state index contributed by atoms with van der Waals surface area (Å²) in [6.07, 6.45) is -3.54. The van der Waals surface area contributed by atoms with E-state index in [-0.39, 0.29) is 58.4 Å². The van der Waals surface area contributed by atoms with Crippen LogP contribution in [0.15, 0.2) is 18.2 Å². The molecule has 6 atom stereocenters. The Bertz CT molecular complexity index is 1330. The smallest absolute Gasteiger partial charge is 0.202 e. The van der Waals surface area contributed by atoms with Crippen molar-refractivity contribution in [2.24, 2.45) is 11.7 Å². The second kappa shape index (κ2) is 9.75. The van der Waals surface area contributed by atoms with Gasteiger partial charge in [0, 0.05) is 35.1 Å². The summed E-state index contributed by atoms with van der Waals surface area (Å²) < 4.78 is 17.2. The van der Waals surface area contributed by atoms with Gasteiger partial charge in [0.2, 0.25) is 5.78 Å². The van der Waals surface area contributed by atoms with Gasteiger partial charge in [0.15, 0.2) is 17.9 Å². The lowest BCUT2D eigenvalue weighted by Crippen LogP contribution is -2.52. The van der Waals surface area contributed by atoms with Gasteiger partial charge in [-0.3, -0.25) is 14.4 Å². The molecule has 11 nitrogen and oxygen atoms in total. The SMILES string of the molecule is COc1cccc2c1C(=O)c1c(O)c3c(c(O)c1C2=O)C[C@@H](C(=O)CO)C[C@@H]3O[C@@H]1CC(N)C(O)C(C)O1. The van der Waals surface area contributed by atoms with Gasteiger partial charge < -0.3 is 40.4 Å². The zero-order valence-corrected chi connectivity index (χ0v) is 20.8. The quantitative estimate of drug-likeness (QED) is 0.297. The highest BCUT2D eigenvalue weighted by molar-refractivity contribution is 6.31. The number of benzene rings is 2. The zero-order chi connectivity index (χ0) is 27.5. The average Bonchev–Trinajstić information content (AvgIpc) is 2.90. The van der Waals surface area contributed by atoms with Crippen molar-refractivity contribution in [3.8, 4) is 17.2 Å². The molecule has 0 spiro atoms. The van der Waals surface area contributed by atoms with Crippen LogP contribution in [0, 0.1) is 5.92 Å². The molecule has 1 fully saturated rings. The van der Waals surface area contributed by atoms with E-state index < -0.39 is 72.0 Å². The number of aliphatic hydroxyl groups excluding tert-OH is 2. The fourth-order valence-corrected chi connectivity index (χ4v) is 5.73. The summed E-state index contributed by atoms with van der Waals surface area (Å²) in [5.41, 5.74) is 5.39. The highest BCUT2D eigenvalue weighted by Gasteiger charge is 2.45. The molecular formula is C27H29NO10. The van der Waals surface area contributed by atoms with Crippen molar-refractivity contribution in [1.82, 2.24) is 0 Å². The minimum absolute atomic E-state index is 0.00621. The van der Waals surface area contributed by atoms with Crippen molar-refractivity contribution in [1.29, 1.82) is 0 Å². The number of ether oxygens (including phenoxy) is 3. The van der Waals surface area contributed by atoms with Crippen LogP contribution in [0.1, 0.15) is 68.8 Å². The Morgan fingerprint density at radius 2 is 1.82 bits per heavy atom. The molecule has 1 saturated heterocycles. The highest BCUT2D eigenvalue weighted by Crippen LogP contribution is 2.51. The van der Waals surface area contributed by atoms with E-state index in [9.17, 15) is 34.8 Å². The second-order valence-corrected chi connectivity index (χ2v) is 9.93. The van der Waals surface area contributed by atoms with E-state index in [1.165, 1.54) is 25.3 Å². The molecule has 11 heteroatoms. The minimum atomic E-state index is -1.06. The molecule has 1 aliphatic heterocycles. The Morgan fingerprint density at radius 1 is 1.11 bits per heavy atom. The largest absolute Gasteiger partial charge is 0.507 e. The minimum Gasteiger partial charge on any atom is -0.507 e. The molecule has 3 unspecified atom stereocenters. The van der Waals surface area contributed by atoms with Gasteiger partial charge in [-0.1, -0.05) is 12.1 Å². The van der Waals surface area contributed by atoms with E-state index in [0.717, 1.165) is 0 Å². The Hall–Kier alpha value is -3.35. The predicted molar refractivity (Wildman–Crippen MR) is 130 cm³/mol. The van der Waals surface area contributed by atoms with Crippen LogP contribution in [0.2, 0.25) is 0 Å². The Kier molecular flexibility index (Phi) is 6.74. The second-order valence-electron chi connectivity index (χ2n) is 9.93. The summed E-state index contributed by atoms with van der Waals surface area (Å²) in [5.74, 6) is -3.64. The first-order valence-electron chi connectivity index (χ1n) is 12.3. The van der Waals surface area contributed by atoms with Crippen molar-refractivity contribution in [3.05, 3.63) is 51.6 Å². The molecule has 2 aliphatic carbocycles. The number of Topliss-reactive ketones (excluding diaryl/α,β-unsaturated/α-hetero) is 1. The summed E-state index contributed by atoms with van der Waals surface area (Å²) in [7, 11) is 1.35. The third-order valence-electron chi connectivity index (χ3n) is 7.71. The van der Waals surface area contributed by atoms with Crippen LogP contribution in [0.5, 0.6) is 17.2 Å². The van der Waals surface area contributed by atoms with Gasteiger partial charge in [-0.05, 0) is 25.8 Å². The fraction of sp³-hybridized carbons (Fsp3) is 0.444. The normalized spacial score (nSPS) is 28.3. The van der Waals surface area contributed by atoms with Crippen molar-refractivity contribution in [3.63, 3.8) is 0 Å². The zero-order valence-electron chi connectivity index (χ0n) is 20.8.